The number of hydrogen-bond donors (Lipinski definition) is 1. The van der Waals surface area contributed by atoms with E-state index in [0.29, 0.717) is 5.75 Å². The third-order valence-electron chi connectivity index (χ3n) is 5.89. The first-order valence-electron chi connectivity index (χ1n) is 11.0. The molecule has 6 heteroatoms. The van der Waals surface area contributed by atoms with E-state index < -0.39 is 0 Å². The predicted molar refractivity (Wildman–Crippen MR) is 127 cm³/mol. The van der Waals surface area contributed by atoms with Crippen LogP contribution < -0.4 is 0 Å². The summed E-state index contributed by atoms with van der Waals surface area (Å²) in [6, 6.07) is 14.5. The number of aromatic hydroxyl groups is 1. The van der Waals surface area contributed by atoms with Gasteiger partial charge in [0.25, 0.3) is 0 Å². The molecule has 2 atom stereocenters. The molecule has 1 heterocycles. The molecule has 3 rings (SSSR count). The van der Waals surface area contributed by atoms with Crippen LogP contribution in [0.25, 0.3) is 0 Å². The molecule has 1 unspecified atom stereocenters. The number of nitrogens with zero attached hydrogens (tertiary/aromatic N) is 2. The lowest BCUT2D eigenvalue weighted by Crippen LogP contribution is -2.49. The summed E-state index contributed by atoms with van der Waals surface area (Å²) in [7, 11) is 0. The standard InChI is InChI=1S/C25H34N2O3S/c1-18-14-23(15-19(2)25(18)29)31-21(4)20(3)30-17-24(28)27-12-10-26(11-13-27)16-22-8-6-5-7-9-22/h5-9,14-15,20-21,29H,10-13,16-17H2,1-4H3/t20-,21?/m1/s1. The Morgan fingerprint density at radius 2 is 1.68 bits per heavy atom. The van der Waals surface area contributed by atoms with Crippen molar-refractivity contribution in [3.8, 4) is 5.75 Å². The number of phenolic OH excluding ortho intramolecular Hbond substituents is 1. The second kappa shape index (κ2) is 11.0. The minimum Gasteiger partial charge on any atom is -0.507 e. The Morgan fingerprint density at radius 3 is 2.29 bits per heavy atom. The van der Waals surface area contributed by atoms with Crippen molar-refractivity contribution in [3.05, 3.63) is 59.2 Å². The van der Waals surface area contributed by atoms with Gasteiger partial charge in [-0.25, -0.2) is 0 Å². The second-order valence-electron chi connectivity index (χ2n) is 8.39. The van der Waals surface area contributed by atoms with Gasteiger partial charge in [-0.15, -0.1) is 11.8 Å². The lowest BCUT2D eigenvalue weighted by atomic mass is 10.1. The van der Waals surface area contributed by atoms with Gasteiger partial charge in [-0.05, 0) is 49.6 Å². The van der Waals surface area contributed by atoms with Gasteiger partial charge in [0.1, 0.15) is 12.4 Å². The molecule has 2 aromatic carbocycles. The van der Waals surface area contributed by atoms with Crippen molar-refractivity contribution in [2.45, 2.75) is 50.5 Å². The third-order valence-corrected chi connectivity index (χ3v) is 7.15. The number of benzene rings is 2. The zero-order chi connectivity index (χ0) is 22.4. The van der Waals surface area contributed by atoms with Gasteiger partial charge >= 0.3 is 0 Å². The highest BCUT2D eigenvalue weighted by Crippen LogP contribution is 2.32. The Morgan fingerprint density at radius 1 is 1.06 bits per heavy atom. The predicted octanol–water partition coefficient (Wildman–Crippen LogP) is 4.24. The molecule has 1 amide bonds. The maximum Gasteiger partial charge on any atom is 0.248 e. The van der Waals surface area contributed by atoms with E-state index in [4.69, 9.17) is 4.74 Å². The van der Waals surface area contributed by atoms with Gasteiger partial charge in [0.15, 0.2) is 0 Å². The van der Waals surface area contributed by atoms with Crippen LogP contribution in [0.1, 0.15) is 30.5 Å². The molecule has 0 saturated carbocycles. The first-order valence-corrected chi connectivity index (χ1v) is 11.8. The van der Waals surface area contributed by atoms with Crippen LogP contribution in [0.2, 0.25) is 0 Å². The monoisotopic (exact) mass is 442 g/mol. The van der Waals surface area contributed by atoms with Crippen molar-refractivity contribution in [3.63, 3.8) is 0 Å². The number of rotatable bonds is 8. The largest absolute Gasteiger partial charge is 0.507 e. The van der Waals surface area contributed by atoms with Gasteiger partial charge in [-0.2, -0.15) is 0 Å². The summed E-state index contributed by atoms with van der Waals surface area (Å²) in [6.45, 7) is 12.3. The highest BCUT2D eigenvalue weighted by molar-refractivity contribution is 8.00. The van der Waals surface area contributed by atoms with Gasteiger partial charge in [0, 0.05) is 42.9 Å². The minimum atomic E-state index is -0.0530. The molecule has 0 spiro atoms. The van der Waals surface area contributed by atoms with Crippen LogP contribution >= 0.6 is 11.8 Å². The van der Waals surface area contributed by atoms with Crippen LogP contribution in [0.5, 0.6) is 5.75 Å². The number of carbonyl (C=O) groups is 1. The number of phenols is 1. The lowest BCUT2D eigenvalue weighted by molar-refractivity contribution is -0.139. The first kappa shape index (κ1) is 23.6. The second-order valence-corrected chi connectivity index (χ2v) is 9.84. The normalized spacial score (nSPS) is 16.8. The molecule has 1 aliphatic rings. The third kappa shape index (κ3) is 6.73. The molecule has 0 aliphatic carbocycles. The summed E-state index contributed by atoms with van der Waals surface area (Å²) < 4.78 is 5.92. The maximum atomic E-state index is 12.6. The zero-order valence-electron chi connectivity index (χ0n) is 19.0. The van der Waals surface area contributed by atoms with Crippen LogP contribution in [0.4, 0.5) is 0 Å². The summed E-state index contributed by atoms with van der Waals surface area (Å²) in [6.07, 6.45) is -0.0530. The molecule has 1 fully saturated rings. The van der Waals surface area contributed by atoms with Crippen LogP contribution in [-0.2, 0) is 16.1 Å². The van der Waals surface area contributed by atoms with Gasteiger partial charge in [0.2, 0.25) is 5.91 Å². The van der Waals surface area contributed by atoms with Crippen molar-refractivity contribution < 1.29 is 14.6 Å². The number of hydrogen-bond acceptors (Lipinski definition) is 5. The first-order chi connectivity index (χ1) is 14.8. The molecule has 5 nitrogen and oxygen atoms in total. The molecule has 168 valence electrons. The van der Waals surface area contributed by atoms with Crippen LogP contribution in [0.3, 0.4) is 0 Å². The van der Waals surface area contributed by atoms with E-state index in [-0.39, 0.29) is 23.9 Å². The van der Waals surface area contributed by atoms with Crippen molar-refractivity contribution >= 4 is 17.7 Å². The molecule has 1 aliphatic heterocycles. The highest BCUT2D eigenvalue weighted by Gasteiger charge is 2.23. The van der Waals surface area contributed by atoms with E-state index in [2.05, 4.69) is 36.1 Å². The Balaban J connectivity index is 1.41. The Labute approximate surface area is 190 Å². The molecule has 31 heavy (non-hydrogen) atoms. The number of thioether (sulfide) groups is 1. The average molecular weight is 443 g/mol. The fourth-order valence-corrected chi connectivity index (χ4v) is 4.91. The van der Waals surface area contributed by atoms with E-state index in [1.807, 2.05) is 43.9 Å². The molecule has 0 bridgehead atoms. The topological polar surface area (TPSA) is 53.0 Å². The van der Waals surface area contributed by atoms with E-state index in [1.165, 1.54) is 5.56 Å². The lowest BCUT2D eigenvalue weighted by Gasteiger charge is -2.35. The molecular weight excluding hydrogens is 408 g/mol. The number of amides is 1. The summed E-state index contributed by atoms with van der Waals surface area (Å²) in [5.74, 6) is 0.426. The van der Waals surface area contributed by atoms with Crippen LogP contribution in [0.15, 0.2) is 47.4 Å². The summed E-state index contributed by atoms with van der Waals surface area (Å²) in [4.78, 5) is 18.0. The van der Waals surface area contributed by atoms with E-state index in [0.717, 1.165) is 48.7 Å². The molecule has 1 saturated heterocycles. The fraction of sp³-hybridized carbons (Fsp3) is 0.480. The summed E-state index contributed by atoms with van der Waals surface area (Å²) in [5, 5.41) is 10.1. The summed E-state index contributed by atoms with van der Waals surface area (Å²) >= 11 is 1.71. The van der Waals surface area contributed by atoms with Gasteiger partial charge in [-0.3, -0.25) is 9.69 Å². The number of ether oxygens (including phenoxy) is 1. The molecule has 0 aromatic heterocycles. The summed E-state index contributed by atoms with van der Waals surface area (Å²) in [5.41, 5.74) is 3.07. The fourth-order valence-electron chi connectivity index (χ4n) is 3.72. The van der Waals surface area contributed by atoms with Crippen LogP contribution in [-0.4, -0.2) is 65.0 Å². The van der Waals surface area contributed by atoms with Crippen molar-refractivity contribution in [1.82, 2.24) is 9.80 Å². The SMILES string of the molecule is Cc1cc(SC(C)[C@@H](C)OCC(=O)N2CCN(Cc3ccccc3)CC2)cc(C)c1O. The van der Waals surface area contributed by atoms with E-state index >= 15 is 0 Å². The van der Waals surface area contributed by atoms with Gasteiger partial charge in [-0.1, -0.05) is 37.3 Å². The van der Waals surface area contributed by atoms with E-state index in [9.17, 15) is 9.90 Å². The van der Waals surface area contributed by atoms with Gasteiger partial charge < -0.3 is 14.7 Å². The zero-order valence-corrected chi connectivity index (χ0v) is 19.8. The van der Waals surface area contributed by atoms with Crippen molar-refractivity contribution in [2.24, 2.45) is 0 Å². The quantitative estimate of drug-likeness (QED) is 0.620. The number of piperazine rings is 1. The molecule has 2 aromatic rings. The maximum absolute atomic E-state index is 12.6. The number of carbonyl (C=O) groups excluding carboxylic acids is 1. The Kier molecular flexibility index (Phi) is 8.41. The average Bonchev–Trinajstić information content (AvgIpc) is 2.76. The molecule has 0 radical (unpaired) electrons. The highest BCUT2D eigenvalue weighted by atomic mass is 32.2. The Bertz CT molecular complexity index is 843. The Hall–Kier alpha value is -2.02. The minimum absolute atomic E-state index is 0.0530. The van der Waals surface area contributed by atoms with Crippen molar-refractivity contribution in [2.75, 3.05) is 32.8 Å². The van der Waals surface area contributed by atoms with Gasteiger partial charge in [0.05, 0.1) is 6.10 Å². The number of aryl methyl sites for hydroxylation is 2. The van der Waals surface area contributed by atoms with Crippen molar-refractivity contribution in [1.29, 1.82) is 0 Å². The van der Waals surface area contributed by atoms with Crippen LogP contribution in [0, 0.1) is 13.8 Å². The smallest absolute Gasteiger partial charge is 0.248 e. The van der Waals surface area contributed by atoms with E-state index in [1.54, 1.807) is 11.8 Å². The molecule has 1 N–H and O–H groups in total. The molecular formula is C25H34N2O3S.